The minimum Gasteiger partial charge on any atom is -0.477 e. The number of halogens is 1. The topological polar surface area (TPSA) is 96.1 Å². The van der Waals surface area contributed by atoms with E-state index in [0.29, 0.717) is 18.0 Å². The molecule has 1 atom stereocenters. The molecular formula is C27H26FN4O4+. The number of aliphatic carboxylic acids is 1. The van der Waals surface area contributed by atoms with E-state index in [9.17, 15) is 14.7 Å². The molecule has 1 fully saturated rings. The maximum atomic E-state index is 15.4. The summed E-state index contributed by atoms with van der Waals surface area (Å²) >= 11 is 0. The van der Waals surface area contributed by atoms with Crippen LogP contribution in [0.15, 0.2) is 71.3 Å². The van der Waals surface area contributed by atoms with Gasteiger partial charge in [0.25, 0.3) is 0 Å². The third-order valence-corrected chi connectivity index (χ3v) is 7.11. The van der Waals surface area contributed by atoms with Crippen molar-refractivity contribution >= 4 is 39.6 Å². The first-order valence-corrected chi connectivity index (χ1v) is 12.1. The summed E-state index contributed by atoms with van der Waals surface area (Å²) in [5.41, 5.74) is 1.98. The van der Waals surface area contributed by atoms with Crippen LogP contribution in [-0.4, -0.2) is 72.9 Å². The Bertz CT molecular complexity index is 1400. The Morgan fingerprint density at radius 1 is 1.19 bits per heavy atom. The highest BCUT2D eigenvalue weighted by Gasteiger charge is 2.49. The van der Waals surface area contributed by atoms with Crippen LogP contribution < -0.4 is 15.2 Å². The number of carboxylic acids is 1. The van der Waals surface area contributed by atoms with E-state index in [2.05, 4.69) is 15.2 Å². The lowest BCUT2D eigenvalue weighted by atomic mass is 9.83. The maximum absolute atomic E-state index is 15.4. The van der Waals surface area contributed by atoms with Gasteiger partial charge >= 0.3 is 5.97 Å². The fourth-order valence-corrected chi connectivity index (χ4v) is 5.31. The molecular weight excluding hydrogens is 463 g/mol. The monoisotopic (exact) mass is 489 g/mol. The largest absolute Gasteiger partial charge is 0.477 e. The van der Waals surface area contributed by atoms with Gasteiger partial charge in [0.1, 0.15) is 23.0 Å². The van der Waals surface area contributed by atoms with Crippen molar-refractivity contribution in [2.24, 2.45) is 0 Å². The van der Waals surface area contributed by atoms with Gasteiger partial charge in [0.2, 0.25) is 17.2 Å². The minimum atomic E-state index is -1.34. The van der Waals surface area contributed by atoms with Crippen molar-refractivity contribution in [1.29, 1.82) is 0 Å². The van der Waals surface area contributed by atoms with Crippen LogP contribution in [-0.2, 0) is 14.3 Å². The Morgan fingerprint density at radius 3 is 2.69 bits per heavy atom. The zero-order chi connectivity index (χ0) is 24.8. The summed E-state index contributed by atoms with van der Waals surface area (Å²) in [6.07, 6.45) is 3.37. The molecule has 0 aromatic heterocycles. The third-order valence-electron chi connectivity index (χ3n) is 7.11. The predicted octanol–water partition coefficient (Wildman–Crippen LogP) is 1.17. The quantitative estimate of drug-likeness (QED) is 0.414. The normalized spacial score (nSPS) is 21.5. The van der Waals surface area contributed by atoms with Gasteiger partial charge in [-0.25, -0.2) is 14.2 Å². The number of carboxylic acid groups (broad SMARTS) is 1. The molecule has 3 aliphatic heterocycles. The lowest BCUT2D eigenvalue weighted by Crippen LogP contribution is -2.76. The molecule has 1 unspecified atom stereocenters. The van der Waals surface area contributed by atoms with Gasteiger partial charge in [0.15, 0.2) is 5.83 Å². The van der Waals surface area contributed by atoms with Crippen molar-refractivity contribution in [3.05, 3.63) is 71.3 Å². The van der Waals surface area contributed by atoms with E-state index in [1.54, 1.807) is 4.90 Å². The number of carbonyl (C=O) groups excluding carboxylic acids is 1. The molecule has 3 heterocycles. The van der Waals surface area contributed by atoms with E-state index in [0.717, 1.165) is 61.4 Å². The van der Waals surface area contributed by atoms with Gasteiger partial charge in [-0.1, -0.05) is 24.3 Å². The number of nitrogens with one attached hydrogen (secondary N) is 2. The van der Waals surface area contributed by atoms with Crippen molar-refractivity contribution < 1.29 is 28.8 Å². The van der Waals surface area contributed by atoms with Gasteiger partial charge in [-0.15, -0.1) is 0 Å². The first-order valence-electron chi connectivity index (χ1n) is 12.1. The lowest BCUT2D eigenvalue weighted by Gasteiger charge is -2.38. The molecule has 2 aromatic carbocycles. The number of nitrogens with zero attached hydrogens (tertiary/aromatic N) is 2. The number of morpholine rings is 1. The number of hydrogen-bond donors (Lipinski definition) is 3. The van der Waals surface area contributed by atoms with Crippen LogP contribution in [0.2, 0.25) is 0 Å². The Hall–Kier alpha value is -3.82. The number of hydrogen-bond acceptors (Lipinski definition) is 6. The number of rotatable bonds is 6. The smallest absolute Gasteiger partial charge is 0.341 e. The average molecular weight is 490 g/mol. The Balaban J connectivity index is 1.39. The van der Waals surface area contributed by atoms with E-state index >= 15 is 4.39 Å². The highest BCUT2D eigenvalue weighted by molar-refractivity contribution is 6.29. The molecule has 0 radical (unpaired) electrons. The van der Waals surface area contributed by atoms with Crippen LogP contribution in [0.4, 0.5) is 15.8 Å². The summed E-state index contributed by atoms with van der Waals surface area (Å²) in [6.45, 7) is 4.68. The summed E-state index contributed by atoms with van der Waals surface area (Å²) < 4.78 is 20.8. The van der Waals surface area contributed by atoms with Crippen LogP contribution in [0.3, 0.4) is 0 Å². The fourth-order valence-electron chi connectivity index (χ4n) is 5.31. The van der Waals surface area contributed by atoms with Gasteiger partial charge in [-0.05, 0) is 35.9 Å². The molecule has 0 amide bonds. The molecule has 1 saturated heterocycles. The molecule has 184 valence electrons. The standard InChI is InChI=1S/C27H25FN4O4/c28-20-14-18-25-24(23(20)29-6-3-7-31-8-10-36-11-9-31)30-21-12-16-4-1-2-5-17(16)13-22(21)32(25)15-19(26(18)33)27(34)35/h1-2,4-5,12-15,25,29H,3,6-11H2,(H,34,35)/p+1. The van der Waals surface area contributed by atoms with Crippen LogP contribution in [0.1, 0.15) is 6.42 Å². The molecule has 0 bridgehead atoms. The number of carbonyl (C=O) groups is 2. The van der Waals surface area contributed by atoms with Crippen molar-refractivity contribution in [3.8, 4) is 0 Å². The Labute approximate surface area is 207 Å². The molecule has 0 spiro atoms. The second-order valence-electron chi connectivity index (χ2n) is 9.30. The SMILES string of the molecule is O=C(O)C1=CN2c3cc4ccccc4cc3[NH+]=C3C(NCCCN4CCOCC4)=C(F)C=C(C1=O)C32. The predicted molar refractivity (Wildman–Crippen MR) is 133 cm³/mol. The zero-order valence-electron chi connectivity index (χ0n) is 19.6. The maximum Gasteiger partial charge on any atom is 0.341 e. The van der Waals surface area contributed by atoms with Gasteiger partial charge < -0.3 is 20.1 Å². The van der Waals surface area contributed by atoms with Crippen molar-refractivity contribution in [2.45, 2.75) is 12.5 Å². The van der Waals surface area contributed by atoms with E-state index < -0.39 is 23.6 Å². The summed E-state index contributed by atoms with van der Waals surface area (Å²) in [6, 6.07) is 11.1. The lowest BCUT2D eigenvalue weighted by molar-refractivity contribution is -0.356. The molecule has 0 saturated carbocycles. The highest BCUT2D eigenvalue weighted by atomic mass is 19.1. The first-order chi connectivity index (χ1) is 17.5. The molecule has 1 aliphatic carbocycles. The van der Waals surface area contributed by atoms with E-state index in [-0.39, 0.29) is 11.1 Å². The summed E-state index contributed by atoms with van der Waals surface area (Å²) in [7, 11) is 0. The average Bonchev–Trinajstić information content (AvgIpc) is 2.88. The second kappa shape index (κ2) is 9.00. The number of allylic oxidation sites excluding steroid dienone is 2. The highest BCUT2D eigenvalue weighted by Crippen LogP contribution is 2.39. The van der Waals surface area contributed by atoms with Crippen LogP contribution in [0.25, 0.3) is 10.8 Å². The summed E-state index contributed by atoms with van der Waals surface area (Å²) in [4.78, 5) is 32.4. The van der Waals surface area contributed by atoms with Gasteiger partial charge in [-0.2, -0.15) is 0 Å². The molecule has 8 nitrogen and oxygen atoms in total. The number of fused-ring (bicyclic) bond motifs is 3. The van der Waals surface area contributed by atoms with Gasteiger partial charge in [0, 0.05) is 37.5 Å². The number of Topliss-reactive ketones (excluding diaryl/α,β-unsaturated/α-hetero) is 1. The number of benzene rings is 2. The molecule has 6 rings (SSSR count). The van der Waals surface area contributed by atoms with Crippen molar-refractivity contribution in [3.63, 3.8) is 0 Å². The van der Waals surface area contributed by atoms with Crippen LogP contribution in [0.5, 0.6) is 0 Å². The number of ether oxygens (including phenoxy) is 1. The fraction of sp³-hybridized carbons (Fsp3) is 0.296. The molecule has 9 heteroatoms. The van der Waals surface area contributed by atoms with E-state index in [4.69, 9.17) is 4.74 Å². The zero-order valence-corrected chi connectivity index (χ0v) is 19.6. The summed E-state index contributed by atoms with van der Waals surface area (Å²) in [5, 5.41) is 14.9. The first kappa shape index (κ1) is 22.6. The Kier molecular flexibility index (Phi) is 5.66. The van der Waals surface area contributed by atoms with E-state index in [1.165, 1.54) is 12.3 Å². The third kappa shape index (κ3) is 3.81. The molecule has 4 aliphatic rings. The second-order valence-corrected chi connectivity index (χ2v) is 9.30. The van der Waals surface area contributed by atoms with Crippen LogP contribution in [0, 0.1) is 0 Å². The Morgan fingerprint density at radius 2 is 1.94 bits per heavy atom. The molecule has 3 N–H and O–H groups in total. The number of anilines is 1. The number of ketones is 1. The van der Waals surface area contributed by atoms with Crippen molar-refractivity contribution in [1.82, 2.24) is 10.2 Å². The minimum absolute atomic E-state index is 0.104. The van der Waals surface area contributed by atoms with E-state index in [1.807, 2.05) is 36.4 Å². The molecule has 2 aromatic rings. The van der Waals surface area contributed by atoms with Gasteiger partial charge in [-0.3, -0.25) is 9.69 Å². The van der Waals surface area contributed by atoms with Crippen LogP contribution >= 0.6 is 0 Å². The summed E-state index contributed by atoms with van der Waals surface area (Å²) in [5.74, 6) is -2.59. The van der Waals surface area contributed by atoms with Crippen molar-refractivity contribution in [2.75, 3.05) is 44.3 Å². The van der Waals surface area contributed by atoms with Gasteiger partial charge in [0.05, 0.1) is 13.2 Å². The molecule has 36 heavy (non-hydrogen) atoms.